The van der Waals surface area contributed by atoms with Crippen molar-refractivity contribution in [3.05, 3.63) is 0 Å². The second-order valence-electron chi connectivity index (χ2n) is 9.39. The summed E-state index contributed by atoms with van der Waals surface area (Å²) < 4.78 is 28.8. The lowest BCUT2D eigenvalue weighted by atomic mass is 9.98. The molecule has 1 aliphatic rings. The van der Waals surface area contributed by atoms with Crippen molar-refractivity contribution < 1.29 is 32.9 Å². The summed E-state index contributed by atoms with van der Waals surface area (Å²) in [5.41, 5.74) is -0.696. The van der Waals surface area contributed by atoms with Crippen molar-refractivity contribution in [2.75, 3.05) is 32.3 Å². The van der Waals surface area contributed by atoms with Crippen LogP contribution in [0.3, 0.4) is 0 Å². The normalized spacial score (nSPS) is 18.3. The zero-order chi connectivity index (χ0) is 24.2. The van der Waals surface area contributed by atoms with Crippen molar-refractivity contribution in [2.24, 2.45) is 5.41 Å². The number of amides is 1. The van der Waals surface area contributed by atoms with Crippen LogP contribution in [-0.2, 0) is 32.9 Å². The zero-order valence-electron chi connectivity index (χ0n) is 20.5. The Morgan fingerprint density at radius 2 is 1.66 bits per heavy atom. The van der Waals surface area contributed by atoms with Gasteiger partial charge in [0.05, 0.1) is 12.0 Å². The summed E-state index contributed by atoms with van der Waals surface area (Å²) in [7, 11) is -3.11. The highest BCUT2D eigenvalue weighted by molar-refractivity contribution is 7.59. The van der Waals surface area contributed by atoms with E-state index in [1.807, 2.05) is 0 Å². The van der Waals surface area contributed by atoms with Crippen LogP contribution in [0.5, 0.6) is 0 Å². The van der Waals surface area contributed by atoms with Crippen molar-refractivity contribution in [3.8, 4) is 0 Å². The van der Waals surface area contributed by atoms with Crippen LogP contribution < -0.4 is 0 Å². The zero-order valence-corrected chi connectivity index (χ0v) is 21.4. The third kappa shape index (κ3) is 10.0. The van der Waals surface area contributed by atoms with Gasteiger partial charge in [0, 0.05) is 12.7 Å². The van der Waals surface area contributed by atoms with Gasteiger partial charge in [-0.2, -0.15) is 0 Å². The number of esters is 2. The molecular formula is C23H42NO7P. The van der Waals surface area contributed by atoms with E-state index in [-0.39, 0.29) is 18.7 Å². The van der Waals surface area contributed by atoms with Gasteiger partial charge in [-0.25, -0.2) is 4.79 Å². The molecule has 32 heavy (non-hydrogen) atoms. The van der Waals surface area contributed by atoms with Crippen LogP contribution in [0.25, 0.3) is 0 Å². The average Bonchev–Trinajstić information content (AvgIpc) is 3.20. The molecule has 1 unspecified atom stereocenters. The second kappa shape index (κ2) is 14.0. The van der Waals surface area contributed by atoms with Gasteiger partial charge in [-0.3, -0.25) is 14.2 Å². The number of carbonyl (C=O) groups is 3. The first kappa shape index (κ1) is 28.6. The monoisotopic (exact) mass is 475 g/mol. The summed E-state index contributed by atoms with van der Waals surface area (Å²) in [6.07, 6.45) is 7.66. The van der Waals surface area contributed by atoms with Gasteiger partial charge in [0.15, 0.2) is 0 Å². The van der Waals surface area contributed by atoms with E-state index < -0.39 is 37.6 Å². The molecule has 1 rings (SSSR count). The van der Waals surface area contributed by atoms with Crippen molar-refractivity contribution in [1.82, 2.24) is 4.90 Å². The van der Waals surface area contributed by atoms with E-state index in [9.17, 15) is 18.9 Å². The molecule has 0 bridgehead atoms. The molecule has 2 atom stereocenters. The van der Waals surface area contributed by atoms with Crippen molar-refractivity contribution in [1.29, 1.82) is 0 Å². The maximum atomic E-state index is 13.2. The van der Waals surface area contributed by atoms with E-state index in [0.717, 1.165) is 25.7 Å². The Labute approximate surface area is 193 Å². The van der Waals surface area contributed by atoms with E-state index in [0.29, 0.717) is 25.5 Å². The topological polar surface area (TPSA) is 99.2 Å². The summed E-state index contributed by atoms with van der Waals surface area (Å²) in [4.78, 5) is 38.6. The molecule has 0 aliphatic carbocycles. The third-order valence-electron chi connectivity index (χ3n) is 5.44. The molecule has 0 saturated carbocycles. The molecular weight excluding hydrogens is 433 g/mol. The molecule has 1 aliphatic heterocycles. The molecule has 1 heterocycles. The van der Waals surface area contributed by atoms with Crippen LogP contribution in [-0.4, -0.2) is 61.1 Å². The van der Waals surface area contributed by atoms with Crippen molar-refractivity contribution in [2.45, 2.75) is 92.0 Å². The fraction of sp³-hybridized carbons (Fsp3) is 0.870. The fourth-order valence-electron chi connectivity index (χ4n) is 3.62. The van der Waals surface area contributed by atoms with Crippen molar-refractivity contribution >= 4 is 25.2 Å². The quantitative estimate of drug-likeness (QED) is 0.155. The summed E-state index contributed by atoms with van der Waals surface area (Å²) in [6, 6.07) is -0.750. The van der Waals surface area contributed by atoms with E-state index in [4.69, 9.17) is 14.0 Å². The molecule has 0 aromatic heterocycles. The molecule has 0 spiro atoms. The molecule has 1 fully saturated rings. The second-order valence-corrected chi connectivity index (χ2v) is 12.0. The summed E-state index contributed by atoms with van der Waals surface area (Å²) >= 11 is 0. The van der Waals surface area contributed by atoms with Crippen LogP contribution >= 0.6 is 7.37 Å². The molecule has 0 aromatic carbocycles. The number of likely N-dealkylation sites (tertiary alicyclic amines) is 1. The molecule has 0 N–H and O–H groups in total. The number of carbonyl (C=O) groups excluding carboxylic acids is 3. The molecule has 1 saturated heterocycles. The number of hydrogen-bond acceptors (Lipinski definition) is 7. The minimum Gasteiger partial charge on any atom is -0.427 e. The minimum absolute atomic E-state index is 0.196. The number of unbranched alkanes of at least 4 members (excludes halogenated alkanes) is 5. The number of nitrogens with zero attached hydrogens (tertiary/aromatic N) is 1. The predicted molar refractivity (Wildman–Crippen MR) is 124 cm³/mol. The molecule has 8 nitrogen and oxygen atoms in total. The number of hydrogen-bond donors (Lipinski definition) is 0. The Balaban J connectivity index is 2.58. The average molecular weight is 476 g/mol. The molecule has 1 amide bonds. The largest absolute Gasteiger partial charge is 0.427 e. The summed E-state index contributed by atoms with van der Waals surface area (Å²) in [5, 5.41) is 0. The smallest absolute Gasteiger partial charge is 0.331 e. The first-order valence-corrected chi connectivity index (χ1v) is 13.9. The maximum absolute atomic E-state index is 13.2. The van der Waals surface area contributed by atoms with Gasteiger partial charge in [0.25, 0.3) is 0 Å². The Morgan fingerprint density at radius 3 is 2.28 bits per heavy atom. The Kier molecular flexibility index (Phi) is 12.5. The summed E-state index contributed by atoms with van der Waals surface area (Å²) in [6.45, 7) is 9.25. The van der Waals surface area contributed by atoms with Gasteiger partial charge < -0.3 is 18.9 Å². The SMILES string of the molecule is CCCCCCCCP(=O)(CC(=O)N1CCC[C@H]1C(=O)OCOC(=O)C(C)(C)C)OCC. The van der Waals surface area contributed by atoms with E-state index in [2.05, 4.69) is 6.92 Å². The Bertz CT molecular complexity index is 659. The van der Waals surface area contributed by atoms with E-state index in [1.54, 1.807) is 27.7 Å². The highest BCUT2D eigenvalue weighted by Crippen LogP contribution is 2.48. The van der Waals surface area contributed by atoms with Gasteiger partial charge in [-0.1, -0.05) is 39.0 Å². The van der Waals surface area contributed by atoms with Crippen LogP contribution in [0.2, 0.25) is 0 Å². The minimum atomic E-state index is -3.11. The van der Waals surface area contributed by atoms with Crippen molar-refractivity contribution in [3.63, 3.8) is 0 Å². The van der Waals surface area contributed by atoms with E-state index >= 15 is 0 Å². The molecule has 186 valence electrons. The van der Waals surface area contributed by atoms with Gasteiger partial charge in [-0.15, -0.1) is 0 Å². The van der Waals surface area contributed by atoms with Crippen LogP contribution in [0, 0.1) is 5.41 Å². The lowest BCUT2D eigenvalue weighted by Gasteiger charge is -2.26. The molecule has 0 aromatic rings. The molecule has 0 radical (unpaired) electrons. The number of ether oxygens (including phenoxy) is 2. The van der Waals surface area contributed by atoms with E-state index in [1.165, 1.54) is 17.7 Å². The lowest BCUT2D eigenvalue weighted by Crippen LogP contribution is -2.43. The Morgan fingerprint density at radius 1 is 1.00 bits per heavy atom. The fourth-order valence-corrected chi connectivity index (χ4v) is 5.77. The first-order chi connectivity index (χ1) is 15.0. The standard InChI is InChI=1S/C23H42NO7P/c1-6-8-9-10-11-12-16-32(28,31-7-2)17-20(25)24-15-13-14-19(24)21(26)29-18-30-22(27)23(3,4)5/h19H,6-18H2,1-5H3/t19-,32?/m0/s1. The predicted octanol–water partition coefficient (Wildman–Crippen LogP) is 4.74. The van der Waals surface area contributed by atoms with Gasteiger partial charge in [-0.05, 0) is 47.0 Å². The highest BCUT2D eigenvalue weighted by Gasteiger charge is 2.38. The van der Waals surface area contributed by atoms with Gasteiger partial charge >= 0.3 is 11.9 Å². The van der Waals surface area contributed by atoms with Crippen LogP contribution in [0.1, 0.15) is 86.0 Å². The maximum Gasteiger partial charge on any atom is 0.331 e. The Hall–Kier alpha value is -1.40. The lowest BCUT2D eigenvalue weighted by molar-refractivity contribution is -0.176. The number of rotatable bonds is 14. The van der Waals surface area contributed by atoms with Gasteiger partial charge in [0.1, 0.15) is 12.2 Å². The first-order valence-electron chi connectivity index (χ1n) is 11.9. The van der Waals surface area contributed by atoms with Crippen LogP contribution in [0.4, 0.5) is 0 Å². The van der Waals surface area contributed by atoms with Crippen LogP contribution in [0.15, 0.2) is 0 Å². The highest BCUT2D eigenvalue weighted by atomic mass is 31.2. The third-order valence-corrected chi connectivity index (χ3v) is 7.92. The van der Waals surface area contributed by atoms with Gasteiger partial charge in [0.2, 0.25) is 20.1 Å². The molecule has 9 heteroatoms. The summed E-state index contributed by atoms with van der Waals surface area (Å²) in [5.74, 6) is -1.43.